The number of hydrogen-bond acceptors (Lipinski definition) is 9. The molecule has 0 spiro atoms. The summed E-state index contributed by atoms with van der Waals surface area (Å²) in [5, 5.41) is 17.7. The van der Waals surface area contributed by atoms with Gasteiger partial charge in [-0.15, -0.1) is 0 Å². The van der Waals surface area contributed by atoms with Gasteiger partial charge in [0, 0.05) is 96.2 Å². The Morgan fingerprint density at radius 3 is 1.86 bits per heavy atom. The zero-order valence-corrected chi connectivity index (χ0v) is 47.1. The molecule has 3 atom stereocenters. The van der Waals surface area contributed by atoms with Crippen LogP contribution in [-0.2, 0) is 46.1 Å². The van der Waals surface area contributed by atoms with Crippen LogP contribution >= 0.6 is 0 Å². The van der Waals surface area contributed by atoms with Crippen molar-refractivity contribution in [3.8, 4) is 0 Å². The number of nitrogens with zero attached hydrogens (tertiary/aromatic N) is 7. The van der Waals surface area contributed by atoms with Crippen LogP contribution in [0.1, 0.15) is 105 Å². The smallest absolute Gasteiger partial charge is 0.360 e. The molecule has 15 nitrogen and oxygen atoms in total. The molecule has 0 fully saturated rings. The summed E-state index contributed by atoms with van der Waals surface area (Å²) in [5.74, 6) is 0.819. The summed E-state index contributed by atoms with van der Waals surface area (Å²) in [6, 6.07) is 17.8. The number of amides is 2. The molecule has 0 radical (unpaired) electrons. The van der Waals surface area contributed by atoms with Crippen molar-refractivity contribution in [2.45, 2.75) is 157 Å². The predicted octanol–water partition coefficient (Wildman–Crippen LogP) is 12.2. The highest BCUT2D eigenvalue weighted by atomic mass is 28.3. The average molecular weight is 1020 g/mol. The molecule has 0 aliphatic carbocycles. The van der Waals surface area contributed by atoms with Crippen LogP contribution in [0.5, 0.6) is 0 Å². The fraction of sp³-hybridized carbons (Fsp3) is 0.491. The molecule has 4 aromatic heterocycles. The van der Waals surface area contributed by atoms with Gasteiger partial charge < -0.3 is 34.4 Å². The van der Waals surface area contributed by atoms with Crippen molar-refractivity contribution in [2.75, 3.05) is 13.2 Å². The van der Waals surface area contributed by atoms with Gasteiger partial charge in [0.05, 0.1) is 23.1 Å². The van der Waals surface area contributed by atoms with E-state index in [0.717, 1.165) is 61.7 Å². The molecule has 7 aromatic rings. The van der Waals surface area contributed by atoms with Gasteiger partial charge in [0.15, 0.2) is 0 Å². The number of carbonyl (C=O) groups is 2. The molecule has 7 rings (SSSR count). The van der Waals surface area contributed by atoms with Crippen LogP contribution in [0.4, 0.5) is 9.59 Å². The first-order valence-electron chi connectivity index (χ1n) is 25.3. The lowest BCUT2D eigenvalue weighted by Crippen LogP contribution is -2.41. The maximum absolute atomic E-state index is 14.2. The molecule has 0 saturated carbocycles. The van der Waals surface area contributed by atoms with Gasteiger partial charge >= 0.3 is 12.2 Å². The van der Waals surface area contributed by atoms with Crippen LogP contribution in [0.3, 0.4) is 0 Å². The van der Waals surface area contributed by atoms with Gasteiger partial charge in [-0.2, -0.15) is 10.2 Å². The maximum atomic E-state index is 14.2. The number of ether oxygens (including phenoxy) is 3. The first kappa shape index (κ1) is 53.9. The Morgan fingerprint density at radius 1 is 0.722 bits per heavy atom. The van der Waals surface area contributed by atoms with Crippen LogP contribution < -0.4 is 10.6 Å². The van der Waals surface area contributed by atoms with E-state index in [2.05, 4.69) is 150 Å². The lowest BCUT2D eigenvalue weighted by molar-refractivity contribution is 0.0790. The lowest BCUT2D eigenvalue weighted by Gasteiger charge is -2.37. The van der Waals surface area contributed by atoms with E-state index in [1.807, 2.05) is 46.4 Å². The number of imidazole rings is 2. The first-order chi connectivity index (χ1) is 33.8. The summed E-state index contributed by atoms with van der Waals surface area (Å²) < 4.78 is 23.4. The minimum absolute atomic E-state index is 0.0171. The van der Waals surface area contributed by atoms with E-state index >= 15 is 0 Å². The Labute approximate surface area is 427 Å². The largest absolute Gasteiger partial charge is 0.416 e. The summed E-state index contributed by atoms with van der Waals surface area (Å²) in [5.41, 5.74) is 7.63. The topological polar surface area (TPSA) is 168 Å². The highest BCUT2D eigenvalue weighted by Gasteiger charge is 2.38. The molecule has 0 aliphatic heterocycles. The number of alkyl carbamates (subject to hydrolysis) is 2. The highest BCUT2D eigenvalue weighted by molar-refractivity contribution is 6.76. The van der Waals surface area contributed by atoms with Crippen LogP contribution in [0.2, 0.25) is 51.4 Å². The highest BCUT2D eigenvalue weighted by Crippen LogP contribution is 2.45. The molecular formula is C55H78N10O5Si2. The third-order valence-corrected chi connectivity index (χ3v) is 16.5. The number of hydrogen-bond donors (Lipinski definition) is 3. The van der Waals surface area contributed by atoms with Crippen molar-refractivity contribution < 1.29 is 23.8 Å². The van der Waals surface area contributed by atoms with Gasteiger partial charge in [-0.25, -0.2) is 28.9 Å². The number of H-pyrrole nitrogens is 1. The molecule has 17 heteroatoms. The molecular weight excluding hydrogens is 937 g/mol. The van der Waals surface area contributed by atoms with E-state index in [1.54, 1.807) is 18.6 Å². The third kappa shape index (κ3) is 14.4. The Hall–Kier alpha value is -5.89. The Morgan fingerprint density at radius 2 is 1.31 bits per heavy atom. The molecule has 0 aliphatic rings. The van der Waals surface area contributed by atoms with E-state index in [-0.39, 0.29) is 11.3 Å². The van der Waals surface area contributed by atoms with Gasteiger partial charge in [0.25, 0.3) is 0 Å². The second-order valence-corrected chi connectivity index (χ2v) is 35.3. The summed E-state index contributed by atoms with van der Waals surface area (Å²) >= 11 is 0. The number of nitrogens with one attached hydrogen (secondary N) is 3. The molecule has 3 aromatic carbocycles. The summed E-state index contributed by atoms with van der Waals surface area (Å²) in [6.07, 6.45) is 9.57. The van der Waals surface area contributed by atoms with Crippen molar-refractivity contribution in [3.05, 3.63) is 131 Å². The van der Waals surface area contributed by atoms with Crippen LogP contribution in [0, 0.1) is 19.3 Å². The standard InChI is InChI=1S/C55H78N10O5Si2/c1-37-27-40(29-42-33-64(61-47(37)42)35-68-23-25-71(9,10)11)30-45(51-58-21-22-63(51)32-39-15-17-44(18-16-39)54(3,4)5)59-52(66)70-53(67)60-49(50-56-19-20-57-50)46(55(6,7)8)41-28-38(2)48-43(31-41)34-65(62-48)36-69-24-26-72(12,13)14/h15-22,27-29,31,33-34,45-46,49H,23-26,30,32,35-36H2,1-14H3,(H,56,57)(H,59,66)(H,60,67). The van der Waals surface area contributed by atoms with E-state index in [4.69, 9.17) is 29.4 Å². The van der Waals surface area contributed by atoms with Gasteiger partial charge in [-0.3, -0.25) is 0 Å². The normalized spacial score (nSPS) is 13.9. The van der Waals surface area contributed by atoms with Gasteiger partial charge in [0.2, 0.25) is 0 Å². The fourth-order valence-electron chi connectivity index (χ4n) is 9.20. The summed E-state index contributed by atoms with van der Waals surface area (Å²) in [4.78, 5) is 41.0. The zero-order valence-electron chi connectivity index (χ0n) is 45.1. The molecule has 0 saturated heterocycles. The van der Waals surface area contributed by atoms with Gasteiger partial charge in [-0.05, 0) is 82.3 Å². The predicted molar refractivity (Wildman–Crippen MR) is 292 cm³/mol. The molecule has 72 heavy (non-hydrogen) atoms. The maximum Gasteiger partial charge on any atom is 0.416 e. The number of aryl methyl sites for hydroxylation is 2. The van der Waals surface area contributed by atoms with E-state index in [9.17, 15) is 9.59 Å². The Bertz CT molecular complexity index is 2930. The minimum atomic E-state index is -1.23. The molecule has 3 unspecified atom stereocenters. The number of aromatic nitrogens is 8. The average Bonchev–Trinajstić information content (AvgIpc) is 4.10. The van der Waals surface area contributed by atoms with Crippen molar-refractivity contribution in [3.63, 3.8) is 0 Å². The van der Waals surface area contributed by atoms with Crippen LogP contribution in [0.25, 0.3) is 21.8 Å². The van der Waals surface area contributed by atoms with Crippen molar-refractivity contribution in [1.29, 1.82) is 0 Å². The monoisotopic (exact) mass is 1010 g/mol. The Kier molecular flexibility index (Phi) is 16.5. The Balaban J connectivity index is 1.13. The third-order valence-electron chi connectivity index (χ3n) is 13.1. The van der Waals surface area contributed by atoms with E-state index in [0.29, 0.717) is 51.3 Å². The quantitative estimate of drug-likeness (QED) is 0.0382. The number of aromatic amines is 1. The van der Waals surface area contributed by atoms with Gasteiger partial charge in [-0.1, -0.05) is 117 Å². The van der Waals surface area contributed by atoms with Crippen molar-refractivity contribution in [2.24, 2.45) is 5.41 Å². The molecule has 3 N–H and O–H groups in total. The van der Waals surface area contributed by atoms with E-state index < -0.39 is 45.8 Å². The number of rotatable bonds is 20. The second-order valence-electron chi connectivity index (χ2n) is 24.0. The lowest BCUT2D eigenvalue weighted by atomic mass is 9.71. The fourth-order valence-corrected chi connectivity index (χ4v) is 10.7. The van der Waals surface area contributed by atoms with Crippen LogP contribution in [-0.4, -0.2) is 80.6 Å². The molecule has 2 amide bonds. The SMILES string of the molecule is Cc1cc(CC(NC(=O)OC(=O)NC(c2ncc[nH]2)C(c2cc(C)c3nn(COCC[Si](C)(C)C)cc3c2)C(C)(C)C)c2nccn2Cc2ccc(C(C)(C)C)cc2)cc2cn(COCC[Si](C)(C)C)nc12. The van der Waals surface area contributed by atoms with Crippen molar-refractivity contribution in [1.82, 2.24) is 49.7 Å². The molecule has 0 bridgehead atoms. The van der Waals surface area contributed by atoms with Crippen LogP contribution in [0.15, 0.2) is 85.7 Å². The minimum Gasteiger partial charge on any atom is -0.360 e. The molecule has 386 valence electrons. The summed E-state index contributed by atoms with van der Waals surface area (Å²) in [6.45, 7) is 33.7. The van der Waals surface area contributed by atoms with Gasteiger partial charge in [0.1, 0.15) is 25.1 Å². The second kappa shape index (κ2) is 22.1. The number of fused-ring (bicyclic) bond motifs is 2. The summed E-state index contributed by atoms with van der Waals surface area (Å²) in [7, 11) is -2.46. The number of carbonyl (C=O) groups excluding carboxylic acids is 2. The zero-order chi connectivity index (χ0) is 52.2. The number of benzene rings is 3. The van der Waals surface area contributed by atoms with Crippen molar-refractivity contribution >= 4 is 50.1 Å². The van der Waals surface area contributed by atoms with E-state index in [1.165, 1.54) is 5.56 Å². The first-order valence-corrected chi connectivity index (χ1v) is 32.7. The molecule has 4 heterocycles.